The molecule has 0 atom stereocenters. The van der Waals surface area contributed by atoms with Crippen molar-refractivity contribution in [2.24, 2.45) is 11.3 Å². The van der Waals surface area contributed by atoms with Crippen LogP contribution in [0.15, 0.2) is 53.0 Å². The fourth-order valence-corrected chi connectivity index (χ4v) is 3.37. The highest BCUT2D eigenvalue weighted by Gasteiger charge is 2.34. The average molecular weight is 489 g/mol. The maximum absolute atomic E-state index is 12.7. The molecule has 6 nitrogen and oxygen atoms in total. The quantitative estimate of drug-likeness (QED) is 0.426. The second-order valence-electron chi connectivity index (χ2n) is 8.61. The zero-order valence-electron chi connectivity index (χ0n) is 18.4. The van der Waals surface area contributed by atoms with E-state index in [9.17, 15) is 9.59 Å². The predicted molar refractivity (Wildman–Crippen MR) is 124 cm³/mol. The summed E-state index contributed by atoms with van der Waals surface area (Å²) in [6.45, 7) is 10.3. The molecule has 1 aliphatic heterocycles. The number of halogens is 1. The van der Waals surface area contributed by atoms with E-state index in [0.29, 0.717) is 37.5 Å². The van der Waals surface area contributed by atoms with Crippen molar-refractivity contribution in [3.63, 3.8) is 0 Å². The molecule has 7 heteroatoms. The van der Waals surface area contributed by atoms with E-state index in [4.69, 9.17) is 9.78 Å². The van der Waals surface area contributed by atoms with Gasteiger partial charge in [0.05, 0.1) is 5.41 Å². The zero-order chi connectivity index (χ0) is 22.6. The Balaban J connectivity index is 1.57. The van der Waals surface area contributed by atoms with E-state index in [1.54, 1.807) is 6.07 Å². The Bertz CT molecular complexity index is 919. The number of rotatable bonds is 6. The van der Waals surface area contributed by atoms with Crippen molar-refractivity contribution >= 4 is 33.5 Å². The van der Waals surface area contributed by atoms with Crippen LogP contribution in [0.5, 0.6) is 5.75 Å². The number of benzene rings is 2. The van der Waals surface area contributed by atoms with Gasteiger partial charge < -0.3 is 9.80 Å². The van der Waals surface area contributed by atoms with E-state index in [-0.39, 0.29) is 11.8 Å². The molecule has 31 heavy (non-hydrogen) atoms. The number of nitrogens with zero attached hydrogens (tertiary/aromatic N) is 2. The lowest BCUT2D eigenvalue weighted by Crippen LogP contribution is -2.48. The van der Waals surface area contributed by atoms with Gasteiger partial charge >= 0.3 is 5.97 Å². The van der Waals surface area contributed by atoms with Gasteiger partial charge in [0.1, 0.15) is 0 Å². The summed E-state index contributed by atoms with van der Waals surface area (Å²) >= 11 is 3.40. The molecule has 0 aromatic heterocycles. The van der Waals surface area contributed by atoms with E-state index in [1.165, 1.54) is 0 Å². The maximum atomic E-state index is 12.7. The number of amides is 1. The van der Waals surface area contributed by atoms with E-state index >= 15 is 0 Å². The van der Waals surface area contributed by atoms with Crippen molar-refractivity contribution in [3.05, 3.63) is 58.6 Å². The van der Waals surface area contributed by atoms with Crippen LogP contribution >= 0.6 is 15.9 Å². The fraction of sp³-hybridized carbons (Fsp3) is 0.417. The fourth-order valence-electron chi connectivity index (χ4n) is 3.10. The Morgan fingerprint density at radius 2 is 1.65 bits per heavy atom. The van der Waals surface area contributed by atoms with Crippen molar-refractivity contribution in [1.29, 1.82) is 0 Å². The molecule has 1 heterocycles. The van der Waals surface area contributed by atoms with Crippen LogP contribution in [-0.4, -0.2) is 43.0 Å². The largest absolute Gasteiger partial charge is 0.368 e. The molecule has 0 radical (unpaired) electrons. The molecule has 166 valence electrons. The van der Waals surface area contributed by atoms with Gasteiger partial charge in [-0.2, -0.15) is 0 Å². The summed E-state index contributed by atoms with van der Waals surface area (Å²) < 4.78 is 0.953. The van der Waals surface area contributed by atoms with Gasteiger partial charge in [-0.05, 0) is 56.2 Å². The summed E-state index contributed by atoms with van der Waals surface area (Å²) in [4.78, 5) is 39.5. The first-order chi connectivity index (χ1) is 14.7. The van der Waals surface area contributed by atoms with Gasteiger partial charge in [0.25, 0.3) is 5.91 Å². The first-order valence-electron chi connectivity index (χ1n) is 10.5. The molecule has 3 rings (SSSR count). The second-order valence-corrected chi connectivity index (χ2v) is 9.53. The highest BCUT2D eigenvalue weighted by Crippen LogP contribution is 2.29. The SMILES string of the molecule is CC(C)C(C)(C)C(=O)OOc1cccc(N2CCN(C(=O)c3ccc(Br)cc3)CC2)c1. The lowest BCUT2D eigenvalue weighted by Gasteiger charge is -2.36. The van der Waals surface area contributed by atoms with Gasteiger partial charge in [-0.25, -0.2) is 9.68 Å². The van der Waals surface area contributed by atoms with Crippen molar-refractivity contribution in [3.8, 4) is 5.75 Å². The van der Waals surface area contributed by atoms with Crippen LogP contribution in [0.4, 0.5) is 5.69 Å². The normalized spacial score (nSPS) is 14.5. The third-order valence-corrected chi connectivity index (χ3v) is 6.55. The minimum Gasteiger partial charge on any atom is -0.368 e. The average Bonchev–Trinajstić information content (AvgIpc) is 2.77. The van der Waals surface area contributed by atoms with Crippen molar-refractivity contribution in [1.82, 2.24) is 4.90 Å². The van der Waals surface area contributed by atoms with Gasteiger partial charge in [-0.1, -0.05) is 35.8 Å². The molecule has 2 aromatic rings. The van der Waals surface area contributed by atoms with Crippen LogP contribution in [0, 0.1) is 11.3 Å². The standard InChI is InChI=1S/C24H29BrN2O4/c1-17(2)24(3,4)23(29)31-30-21-7-5-6-20(16-21)26-12-14-27(15-13-26)22(28)18-8-10-19(25)11-9-18/h5-11,16-17H,12-15H2,1-4H3. The Hall–Kier alpha value is -2.54. The van der Waals surface area contributed by atoms with Gasteiger partial charge in [0.15, 0.2) is 5.75 Å². The van der Waals surface area contributed by atoms with Crippen LogP contribution in [0.1, 0.15) is 38.1 Å². The Morgan fingerprint density at radius 3 is 2.26 bits per heavy atom. The van der Waals surface area contributed by atoms with Crippen LogP contribution < -0.4 is 9.79 Å². The molecule has 0 unspecified atom stereocenters. The molecule has 1 amide bonds. The number of carbonyl (C=O) groups is 2. The lowest BCUT2D eigenvalue weighted by molar-refractivity contribution is -0.226. The number of hydrogen-bond acceptors (Lipinski definition) is 5. The van der Waals surface area contributed by atoms with Crippen molar-refractivity contribution in [2.75, 3.05) is 31.1 Å². The van der Waals surface area contributed by atoms with Crippen LogP contribution in [-0.2, 0) is 9.68 Å². The third kappa shape index (κ3) is 5.58. The number of carbonyl (C=O) groups excluding carboxylic acids is 2. The highest BCUT2D eigenvalue weighted by molar-refractivity contribution is 9.10. The van der Waals surface area contributed by atoms with Gasteiger partial charge in [0.2, 0.25) is 0 Å². The number of piperazine rings is 1. The molecule has 0 saturated carbocycles. The summed E-state index contributed by atoms with van der Waals surface area (Å²) in [7, 11) is 0. The van der Waals surface area contributed by atoms with E-state index in [0.717, 1.165) is 10.2 Å². The minimum atomic E-state index is -0.630. The highest BCUT2D eigenvalue weighted by atomic mass is 79.9. The molecule has 1 aliphatic rings. The van der Waals surface area contributed by atoms with Crippen LogP contribution in [0.2, 0.25) is 0 Å². The first kappa shape index (κ1) is 23.1. The summed E-state index contributed by atoms with van der Waals surface area (Å²) in [5, 5.41) is 0. The molecule has 2 aromatic carbocycles. The Kier molecular flexibility index (Phi) is 7.26. The van der Waals surface area contributed by atoms with E-state index in [1.807, 2.05) is 75.1 Å². The smallest absolute Gasteiger partial charge is 0.361 e. The third-order valence-electron chi connectivity index (χ3n) is 6.02. The van der Waals surface area contributed by atoms with Crippen LogP contribution in [0.3, 0.4) is 0 Å². The summed E-state index contributed by atoms with van der Waals surface area (Å²) in [6, 6.07) is 14.9. The minimum absolute atomic E-state index is 0.0453. The molecule has 0 bridgehead atoms. The first-order valence-corrected chi connectivity index (χ1v) is 11.3. The summed E-state index contributed by atoms with van der Waals surface area (Å²) in [5.74, 6) is 0.252. The molecule has 1 saturated heterocycles. The zero-order valence-corrected chi connectivity index (χ0v) is 20.0. The van der Waals surface area contributed by atoms with E-state index < -0.39 is 11.4 Å². The van der Waals surface area contributed by atoms with Gasteiger partial charge in [-0.15, -0.1) is 0 Å². The predicted octanol–water partition coefficient (Wildman–Crippen LogP) is 4.93. The molecular formula is C24H29BrN2O4. The Morgan fingerprint density at radius 1 is 1.00 bits per heavy atom. The van der Waals surface area contributed by atoms with E-state index in [2.05, 4.69) is 20.8 Å². The monoisotopic (exact) mass is 488 g/mol. The van der Waals surface area contributed by atoms with Gasteiger partial charge in [0, 0.05) is 48.0 Å². The topological polar surface area (TPSA) is 59.1 Å². The molecular weight excluding hydrogens is 460 g/mol. The van der Waals surface area contributed by atoms with Gasteiger partial charge in [-0.3, -0.25) is 9.68 Å². The summed E-state index contributed by atoms with van der Waals surface area (Å²) in [6.07, 6.45) is 0. The van der Waals surface area contributed by atoms with Crippen molar-refractivity contribution in [2.45, 2.75) is 27.7 Å². The maximum Gasteiger partial charge on any atom is 0.361 e. The van der Waals surface area contributed by atoms with Crippen LogP contribution in [0.25, 0.3) is 0 Å². The summed E-state index contributed by atoms with van der Waals surface area (Å²) in [5.41, 5.74) is 1.03. The second kappa shape index (κ2) is 9.73. The lowest BCUT2D eigenvalue weighted by atomic mass is 9.81. The molecule has 0 N–H and O–H groups in total. The molecule has 0 spiro atoms. The Labute approximate surface area is 192 Å². The molecule has 0 aliphatic carbocycles. The number of hydrogen-bond donors (Lipinski definition) is 0. The van der Waals surface area contributed by atoms with Crippen molar-refractivity contribution < 1.29 is 19.4 Å². The number of anilines is 1. The molecule has 1 fully saturated rings.